The van der Waals surface area contributed by atoms with Gasteiger partial charge in [-0.3, -0.25) is 4.79 Å². The Morgan fingerprint density at radius 3 is 2.20 bits per heavy atom. The van der Waals surface area contributed by atoms with Crippen LogP contribution in [-0.4, -0.2) is 19.1 Å². The summed E-state index contributed by atoms with van der Waals surface area (Å²) in [6, 6.07) is 11.1. The Bertz CT molecular complexity index is 781. The molecule has 0 aliphatic rings. The SMILES string of the molecule is C=C(C)c1ccc(OCC)c(NC(=O)c2ccc(OCC)c(C)c2)c1. The fourth-order valence-corrected chi connectivity index (χ4v) is 2.48. The van der Waals surface area contributed by atoms with Crippen LogP contribution in [0.2, 0.25) is 0 Å². The van der Waals surface area contributed by atoms with Gasteiger partial charge in [-0.1, -0.05) is 18.2 Å². The van der Waals surface area contributed by atoms with Crippen LogP contribution in [-0.2, 0) is 0 Å². The third-order valence-electron chi connectivity index (χ3n) is 3.76. The van der Waals surface area contributed by atoms with E-state index in [0.717, 1.165) is 22.4 Å². The molecule has 0 heterocycles. The van der Waals surface area contributed by atoms with E-state index in [1.807, 2.05) is 58.0 Å². The highest BCUT2D eigenvalue weighted by molar-refractivity contribution is 6.05. The number of nitrogens with one attached hydrogen (secondary N) is 1. The van der Waals surface area contributed by atoms with Crippen molar-refractivity contribution >= 4 is 17.2 Å². The summed E-state index contributed by atoms with van der Waals surface area (Å²) in [6.45, 7) is 12.8. The lowest BCUT2D eigenvalue weighted by molar-refractivity contribution is 0.102. The number of carbonyl (C=O) groups excluding carboxylic acids is 1. The summed E-state index contributed by atoms with van der Waals surface area (Å²) in [5.41, 5.74) is 4.02. The van der Waals surface area contributed by atoms with Gasteiger partial charge in [0, 0.05) is 5.56 Å². The zero-order chi connectivity index (χ0) is 18.4. The smallest absolute Gasteiger partial charge is 0.255 e. The molecule has 0 saturated carbocycles. The zero-order valence-corrected chi connectivity index (χ0v) is 15.3. The molecule has 0 atom stereocenters. The summed E-state index contributed by atoms with van der Waals surface area (Å²) in [4.78, 5) is 12.6. The molecule has 0 aliphatic carbocycles. The standard InChI is InChI=1S/C21H25NO3/c1-6-24-19-10-9-17(12-15(19)5)21(23)22-18-13-16(14(3)4)8-11-20(18)25-7-2/h8-13H,3,6-7H2,1-2,4-5H3,(H,22,23). The Kier molecular flexibility index (Phi) is 6.23. The van der Waals surface area contributed by atoms with Crippen LogP contribution in [0.15, 0.2) is 43.0 Å². The van der Waals surface area contributed by atoms with Gasteiger partial charge >= 0.3 is 0 Å². The molecule has 0 bridgehead atoms. The fourth-order valence-electron chi connectivity index (χ4n) is 2.48. The van der Waals surface area contributed by atoms with Crippen molar-refractivity contribution in [1.29, 1.82) is 0 Å². The zero-order valence-electron chi connectivity index (χ0n) is 15.3. The predicted octanol–water partition coefficient (Wildman–Crippen LogP) is 5.08. The van der Waals surface area contributed by atoms with Crippen LogP contribution in [0.4, 0.5) is 5.69 Å². The van der Waals surface area contributed by atoms with Crippen LogP contribution in [0.1, 0.15) is 42.3 Å². The van der Waals surface area contributed by atoms with Crippen molar-refractivity contribution < 1.29 is 14.3 Å². The van der Waals surface area contributed by atoms with Gasteiger partial charge in [-0.05, 0) is 69.2 Å². The van der Waals surface area contributed by atoms with Gasteiger partial charge in [0.05, 0.1) is 18.9 Å². The van der Waals surface area contributed by atoms with E-state index in [2.05, 4.69) is 11.9 Å². The fraction of sp³-hybridized carbons (Fsp3) is 0.286. The highest BCUT2D eigenvalue weighted by atomic mass is 16.5. The number of rotatable bonds is 7. The minimum atomic E-state index is -0.189. The van der Waals surface area contributed by atoms with E-state index in [1.165, 1.54) is 0 Å². The number of ether oxygens (including phenoxy) is 2. The summed E-state index contributed by atoms with van der Waals surface area (Å²) in [5.74, 6) is 1.24. The number of amides is 1. The molecular formula is C21H25NO3. The quantitative estimate of drug-likeness (QED) is 0.765. The average molecular weight is 339 g/mol. The molecule has 0 saturated heterocycles. The molecule has 132 valence electrons. The molecule has 0 radical (unpaired) electrons. The second kappa shape index (κ2) is 8.38. The number of hydrogen-bond donors (Lipinski definition) is 1. The van der Waals surface area contributed by atoms with Crippen LogP contribution in [0.3, 0.4) is 0 Å². The van der Waals surface area contributed by atoms with Crippen LogP contribution in [0, 0.1) is 6.92 Å². The number of hydrogen-bond acceptors (Lipinski definition) is 3. The molecular weight excluding hydrogens is 314 g/mol. The van der Waals surface area contributed by atoms with Crippen molar-refractivity contribution in [3.05, 3.63) is 59.7 Å². The van der Waals surface area contributed by atoms with Crippen LogP contribution >= 0.6 is 0 Å². The monoisotopic (exact) mass is 339 g/mol. The predicted molar refractivity (Wildman–Crippen MR) is 103 cm³/mol. The lowest BCUT2D eigenvalue weighted by atomic mass is 10.1. The summed E-state index contributed by atoms with van der Waals surface area (Å²) in [5, 5.41) is 2.94. The Labute approximate surface area is 149 Å². The van der Waals surface area contributed by atoms with Crippen molar-refractivity contribution in [3.8, 4) is 11.5 Å². The van der Waals surface area contributed by atoms with Crippen molar-refractivity contribution in [3.63, 3.8) is 0 Å². The Morgan fingerprint density at radius 1 is 1.00 bits per heavy atom. The first kappa shape index (κ1) is 18.6. The van der Waals surface area contributed by atoms with Gasteiger partial charge in [0.15, 0.2) is 0 Å². The number of aryl methyl sites for hydroxylation is 1. The highest BCUT2D eigenvalue weighted by Crippen LogP contribution is 2.29. The lowest BCUT2D eigenvalue weighted by Crippen LogP contribution is -2.13. The second-order valence-corrected chi connectivity index (χ2v) is 5.79. The largest absolute Gasteiger partial charge is 0.494 e. The van der Waals surface area contributed by atoms with E-state index in [-0.39, 0.29) is 5.91 Å². The summed E-state index contributed by atoms with van der Waals surface area (Å²) in [6.07, 6.45) is 0. The van der Waals surface area contributed by atoms with Gasteiger partial charge in [-0.15, -0.1) is 0 Å². The van der Waals surface area contributed by atoms with Crippen molar-refractivity contribution in [2.75, 3.05) is 18.5 Å². The van der Waals surface area contributed by atoms with Gasteiger partial charge < -0.3 is 14.8 Å². The third-order valence-corrected chi connectivity index (χ3v) is 3.76. The van der Waals surface area contributed by atoms with Gasteiger partial charge in [-0.25, -0.2) is 0 Å². The molecule has 1 amide bonds. The average Bonchev–Trinajstić information content (AvgIpc) is 2.58. The Balaban J connectivity index is 2.28. The van der Waals surface area contributed by atoms with Gasteiger partial charge in [0.1, 0.15) is 11.5 Å². The number of carbonyl (C=O) groups is 1. The maximum absolute atomic E-state index is 12.6. The molecule has 2 rings (SSSR count). The number of benzene rings is 2. The number of anilines is 1. The van der Waals surface area contributed by atoms with E-state index in [1.54, 1.807) is 6.07 Å². The summed E-state index contributed by atoms with van der Waals surface area (Å²) in [7, 11) is 0. The van der Waals surface area contributed by atoms with Gasteiger partial charge in [0.2, 0.25) is 0 Å². The molecule has 0 fully saturated rings. The molecule has 0 unspecified atom stereocenters. The molecule has 1 N–H and O–H groups in total. The normalized spacial score (nSPS) is 10.2. The molecule has 25 heavy (non-hydrogen) atoms. The minimum Gasteiger partial charge on any atom is -0.494 e. The first-order valence-corrected chi connectivity index (χ1v) is 8.43. The summed E-state index contributed by atoms with van der Waals surface area (Å²) >= 11 is 0. The summed E-state index contributed by atoms with van der Waals surface area (Å²) < 4.78 is 11.1. The molecule has 0 aliphatic heterocycles. The van der Waals surface area contributed by atoms with Crippen LogP contribution < -0.4 is 14.8 Å². The van der Waals surface area contributed by atoms with Crippen LogP contribution in [0.25, 0.3) is 5.57 Å². The maximum Gasteiger partial charge on any atom is 0.255 e. The second-order valence-electron chi connectivity index (χ2n) is 5.79. The lowest BCUT2D eigenvalue weighted by Gasteiger charge is -2.14. The number of allylic oxidation sites excluding steroid dienone is 1. The first-order valence-electron chi connectivity index (χ1n) is 8.43. The highest BCUT2D eigenvalue weighted by Gasteiger charge is 2.13. The molecule has 2 aromatic carbocycles. The van der Waals surface area contributed by atoms with Crippen molar-refractivity contribution in [1.82, 2.24) is 0 Å². The van der Waals surface area contributed by atoms with E-state index in [0.29, 0.717) is 30.2 Å². The van der Waals surface area contributed by atoms with Gasteiger partial charge in [0.25, 0.3) is 5.91 Å². The van der Waals surface area contributed by atoms with Crippen molar-refractivity contribution in [2.45, 2.75) is 27.7 Å². The first-order chi connectivity index (χ1) is 12.0. The van der Waals surface area contributed by atoms with E-state index in [9.17, 15) is 4.79 Å². The molecule has 4 heteroatoms. The molecule has 4 nitrogen and oxygen atoms in total. The maximum atomic E-state index is 12.6. The molecule has 0 spiro atoms. The van der Waals surface area contributed by atoms with E-state index < -0.39 is 0 Å². The van der Waals surface area contributed by atoms with Crippen LogP contribution in [0.5, 0.6) is 11.5 Å². The minimum absolute atomic E-state index is 0.189. The Morgan fingerprint density at radius 2 is 1.60 bits per heavy atom. The molecule has 0 aromatic heterocycles. The topological polar surface area (TPSA) is 47.6 Å². The third kappa shape index (κ3) is 4.63. The van der Waals surface area contributed by atoms with E-state index in [4.69, 9.17) is 9.47 Å². The molecule has 2 aromatic rings. The van der Waals surface area contributed by atoms with E-state index >= 15 is 0 Å². The Hall–Kier alpha value is -2.75. The van der Waals surface area contributed by atoms with Gasteiger partial charge in [-0.2, -0.15) is 0 Å². The van der Waals surface area contributed by atoms with Crippen molar-refractivity contribution in [2.24, 2.45) is 0 Å².